The normalized spacial score (nSPS) is 32.0. The van der Waals surface area contributed by atoms with Crippen molar-refractivity contribution in [2.75, 3.05) is 33.7 Å². The van der Waals surface area contributed by atoms with Crippen LogP contribution in [0, 0.1) is 0 Å². The number of rotatable bonds is 4. The molecule has 3 nitrogen and oxygen atoms in total. The van der Waals surface area contributed by atoms with Crippen molar-refractivity contribution in [2.24, 2.45) is 0 Å². The Morgan fingerprint density at radius 1 is 1.00 bits per heavy atom. The largest absolute Gasteiger partial charge is 0.314 e. The first-order chi connectivity index (χ1) is 8.70. The van der Waals surface area contributed by atoms with Crippen molar-refractivity contribution >= 4 is 0 Å². The third-order valence-electron chi connectivity index (χ3n) is 4.94. The first-order valence-corrected chi connectivity index (χ1v) is 7.84. The molecule has 0 aromatic rings. The van der Waals surface area contributed by atoms with E-state index in [2.05, 4.69) is 36.1 Å². The topological polar surface area (TPSA) is 18.5 Å². The van der Waals surface area contributed by atoms with Crippen LogP contribution in [0.15, 0.2) is 0 Å². The van der Waals surface area contributed by atoms with E-state index < -0.39 is 0 Å². The summed E-state index contributed by atoms with van der Waals surface area (Å²) in [5.41, 5.74) is 0. The van der Waals surface area contributed by atoms with Gasteiger partial charge in [-0.2, -0.15) is 0 Å². The van der Waals surface area contributed by atoms with E-state index in [1.807, 2.05) is 0 Å². The van der Waals surface area contributed by atoms with Crippen LogP contribution < -0.4 is 5.32 Å². The van der Waals surface area contributed by atoms with Gasteiger partial charge in [-0.25, -0.2) is 0 Å². The molecule has 0 amide bonds. The molecule has 2 fully saturated rings. The Morgan fingerprint density at radius 3 is 2.11 bits per heavy atom. The second-order valence-electron chi connectivity index (χ2n) is 6.29. The quantitative estimate of drug-likeness (QED) is 0.826. The Labute approximate surface area is 113 Å². The average molecular weight is 253 g/mol. The molecule has 0 radical (unpaired) electrons. The van der Waals surface area contributed by atoms with Gasteiger partial charge in [-0.1, -0.05) is 6.92 Å². The molecule has 1 N–H and O–H groups in total. The summed E-state index contributed by atoms with van der Waals surface area (Å²) < 4.78 is 0. The molecular weight excluding hydrogens is 222 g/mol. The fraction of sp³-hybridized carbons (Fsp3) is 1.00. The zero-order chi connectivity index (χ0) is 13.0. The van der Waals surface area contributed by atoms with Crippen LogP contribution in [0.25, 0.3) is 0 Å². The zero-order valence-electron chi connectivity index (χ0n) is 12.5. The van der Waals surface area contributed by atoms with Gasteiger partial charge < -0.3 is 15.1 Å². The van der Waals surface area contributed by atoms with Gasteiger partial charge >= 0.3 is 0 Å². The monoisotopic (exact) mass is 253 g/mol. The van der Waals surface area contributed by atoms with Gasteiger partial charge in [0.25, 0.3) is 0 Å². The molecule has 106 valence electrons. The Morgan fingerprint density at radius 2 is 1.61 bits per heavy atom. The fourth-order valence-electron chi connectivity index (χ4n) is 3.70. The van der Waals surface area contributed by atoms with E-state index in [-0.39, 0.29) is 0 Å². The summed E-state index contributed by atoms with van der Waals surface area (Å²) in [7, 11) is 4.45. The average Bonchev–Trinajstić information content (AvgIpc) is 2.40. The first-order valence-electron chi connectivity index (χ1n) is 7.84. The Balaban J connectivity index is 1.71. The van der Waals surface area contributed by atoms with Crippen LogP contribution in [0.5, 0.6) is 0 Å². The van der Waals surface area contributed by atoms with Crippen molar-refractivity contribution < 1.29 is 0 Å². The fourth-order valence-corrected chi connectivity index (χ4v) is 3.70. The molecule has 18 heavy (non-hydrogen) atoms. The highest BCUT2D eigenvalue weighted by atomic mass is 15.2. The van der Waals surface area contributed by atoms with Crippen LogP contribution in [-0.4, -0.2) is 61.7 Å². The summed E-state index contributed by atoms with van der Waals surface area (Å²) in [6.07, 6.45) is 8.30. The molecule has 0 atom stereocenters. The molecule has 1 saturated heterocycles. The number of hydrogen-bond acceptors (Lipinski definition) is 3. The van der Waals surface area contributed by atoms with Crippen LogP contribution in [0.2, 0.25) is 0 Å². The summed E-state index contributed by atoms with van der Waals surface area (Å²) in [5, 5.41) is 3.60. The molecule has 2 aliphatic rings. The molecule has 1 saturated carbocycles. The predicted octanol–water partition coefficient (Wildman–Crippen LogP) is 1.93. The van der Waals surface area contributed by atoms with Crippen LogP contribution in [-0.2, 0) is 0 Å². The van der Waals surface area contributed by atoms with E-state index >= 15 is 0 Å². The molecule has 1 aliphatic heterocycles. The maximum atomic E-state index is 3.60. The third kappa shape index (κ3) is 3.69. The van der Waals surface area contributed by atoms with Gasteiger partial charge in [0, 0.05) is 18.1 Å². The first kappa shape index (κ1) is 14.3. The van der Waals surface area contributed by atoms with Crippen molar-refractivity contribution in [3.05, 3.63) is 0 Å². The molecule has 2 rings (SSSR count). The minimum absolute atomic E-state index is 0.797. The summed E-state index contributed by atoms with van der Waals surface area (Å²) in [6.45, 7) is 5.99. The van der Waals surface area contributed by atoms with Gasteiger partial charge in [-0.3, -0.25) is 0 Å². The number of hydrogen-bond donors (Lipinski definition) is 1. The van der Waals surface area contributed by atoms with E-state index in [1.54, 1.807) is 0 Å². The molecule has 1 aliphatic carbocycles. The molecule has 1 heterocycles. The maximum Gasteiger partial charge on any atom is 0.0113 e. The summed E-state index contributed by atoms with van der Waals surface area (Å²) in [4.78, 5) is 5.17. The lowest BCUT2D eigenvalue weighted by molar-refractivity contribution is 0.0843. The zero-order valence-corrected chi connectivity index (χ0v) is 12.5. The Hall–Kier alpha value is -0.120. The lowest BCUT2D eigenvalue weighted by atomic mass is 9.88. The van der Waals surface area contributed by atoms with Gasteiger partial charge in [0.15, 0.2) is 0 Å². The van der Waals surface area contributed by atoms with Crippen molar-refractivity contribution in [1.29, 1.82) is 0 Å². The smallest absolute Gasteiger partial charge is 0.0113 e. The standard InChI is InChI=1S/C15H31N3/c1-4-16-13-5-7-15(8-6-13)18-11-9-14(10-12-18)17(2)3/h13-16H,4-12H2,1-3H3. The van der Waals surface area contributed by atoms with Crippen molar-refractivity contribution in [1.82, 2.24) is 15.1 Å². The van der Waals surface area contributed by atoms with Gasteiger partial charge in [-0.05, 0) is 72.3 Å². The molecular formula is C15H31N3. The second-order valence-corrected chi connectivity index (χ2v) is 6.29. The van der Waals surface area contributed by atoms with Gasteiger partial charge in [0.1, 0.15) is 0 Å². The molecule has 0 bridgehead atoms. The second kappa shape index (κ2) is 6.88. The highest BCUT2D eigenvalue weighted by Gasteiger charge is 2.28. The van der Waals surface area contributed by atoms with Crippen LogP contribution in [0.4, 0.5) is 0 Å². The van der Waals surface area contributed by atoms with E-state index in [4.69, 9.17) is 0 Å². The van der Waals surface area contributed by atoms with Crippen molar-refractivity contribution in [3.63, 3.8) is 0 Å². The summed E-state index contributed by atoms with van der Waals surface area (Å²) in [5.74, 6) is 0. The van der Waals surface area contributed by atoms with Crippen molar-refractivity contribution in [2.45, 2.75) is 63.6 Å². The molecule has 3 heteroatoms. The Kier molecular flexibility index (Phi) is 5.46. The summed E-state index contributed by atoms with van der Waals surface area (Å²) in [6, 6.07) is 2.49. The van der Waals surface area contributed by atoms with Crippen molar-refractivity contribution in [3.8, 4) is 0 Å². The summed E-state index contributed by atoms with van der Waals surface area (Å²) >= 11 is 0. The lowest BCUT2D eigenvalue weighted by Gasteiger charge is -2.42. The van der Waals surface area contributed by atoms with Gasteiger partial charge in [-0.15, -0.1) is 0 Å². The van der Waals surface area contributed by atoms with Gasteiger partial charge in [0.05, 0.1) is 0 Å². The van der Waals surface area contributed by atoms with E-state index in [0.717, 1.165) is 24.7 Å². The highest BCUT2D eigenvalue weighted by Crippen LogP contribution is 2.26. The maximum absolute atomic E-state index is 3.60. The highest BCUT2D eigenvalue weighted by molar-refractivity contribution is 4.86. The number of piperidine rings is 1. The third-order valence-corrected chi connectivity index (χ3v) is 4.94. The van der Waals surface area contributed by atoms with Crippen LogP contribution in [0.3, 0.4) is 0 Å². The molecule has 0 aromatic heterocycles. The number of likely N-dealkylation sites (tertiary alicyclic amines) is 1. The molecule has 0 unspecified atom stereocenters. The minimum atomic E-state index is 0.797. The minimum Gasteiger partial charge on any atom is -0.314 e. The number of nitrogens with one attached hydrogen (secondary N) is 1. The van der Waals surface area contributed by atoms with Gasteiger partial charge in [0.2, 0.25) is 0 Å². The SMILES string of the molecule is CCNC1CCC(N2CCC(N(C)C)CC2)CC1. The Bertz CT molecular complexity index is 226. The molecule has 0 spiro atoms. The van der Waals surface area contributed by atoms with E-state index in [0.29, 0.717) is 0 Å². The van der Waals surface area contributed by atoms with E-state index in [1.165, 1.54) is 51.6 Å². The van der Waals surface area contributed by atoms with E-state index in [9.17, 15) is 0 Å². The van der Waals surface area contributed by atoms with Crippen LogP contribution in [0.1, 0.15) is 45.4 Å². The lowest BCUT2D eigenvalue weighted by Crippen LogP contribution is -2.48. The molecule has 0 aromatic carbocycles. The predicted molar refractivity (Wildman–Crippen MR) is 78.0 cm³/mol. The van der Waals surface area contributed by atoms with Crippen LogP contribution >= 0.6 is 0 Å². The number of nitrogens with zero attached hydrogens (tertiary/aromatic N) is 2.